The van der Waals surface area contributed by atoms with Gasteiger partial charge in [-0.05, 0) is 29.7 Å². The second-order valence-electron chi connectivity index (χ2n) is 5.76. The molecular weight excluding hydrogens is 338 g/mol. The third kappa shape index (κ3) is 4.22. The third-order valence-electron chi connectivity index (χ3n) is 4.08. The van der Waals surface area contributed by atoms with Gasteiger partial charge in [0.2, 0.25) is 5.91 Å². The molecule has 1 saturated heterocycles. The zero-order valence-corrected chi connectivity index (χ0v) is 15.0. The molecule has 2 amide bonds. The van der Waals surface area contributed by atoms with E-state index in [-0.39, 0.29) is 22.3 Å². The van der Waals surface area contributed by atoms with Crippen LogP contribution in [0, 0.1) is 0 Å². The number of benzene rings is 2. The Balaban J connectivity index is 1.55. The van der Waals surface area contributed by atoms with Crippen molar-refractivity contribution in [3.8, 4) is 0 Å². The zero-order chi connectivity index (χ0) is 16.9. The number of nitrogens with one attached hydrogen (secondary N) is 1. The number of imide groups is 1. The molecular formula is C19H19NO2S2. The first kappa shape index (κ1) is 17.1. The average molecular weight is 358 g/mol. The second-order valence-corrected chi connectivity index (χ2v) is 8.04. The molecule has 1 N–H and O–H groups in total. The number of hydrogen-bond acceptors (Lipinski definition) is 4. The highest BCUT2D eigenvalue weighted by molar-refractivity contribution is 8.15. The van der Waals surface area contributed by atoms with E-state index in [0.29, 0.717) is 0 Å². The smallest absolute Gasteiger partial charge is 0.286 e. The number of amides is 2. The lowest BCUT2D eigenvalue weighted by Gasteiger charge is -2.16. The van der Waals surface area contributed by atoms with Gasteiger partial charge in [0.15, 0.2) is 0 Å². The topological polar surface area (TPSA) is 46.2 Å². The van der Waals surface area contributed by atoms with E-state index in [1.807, 2.05) is 24.8 Å². The molecule has 1 heterocycles. The Kier molecular flexibility index (Phi) is 5.63. The molecule has 3 nitrogen and oxygen atoms in total. The minimum Gasteiger partial charge on any atom is -0.286 e. The highest BCUT2D eigenvalue weighted by Gasteiger charge is 2.36. The first-order valence-corrected chi connectivity index (χ1v) is 9.78. The van der Waals surface area contributed by atoms with Crippen LogP contribution in [0.25, 0.3) is 0 Å². The summed E-state index contributed by atoms with van der Waals surface area (Å²) >= 11 is 2.92. The van der Waals surface area contributed by atoms with Gasteiger partial charge in [-0.25, -0.2) is 0 Å². The van der Waals surface area contributed by atoms with Gasteiger partial charge in [0, 0.05) is 16.6 Å². The molecule has 0 bridgehead atoms. The van der Waals surface area contributed by atoms with Crippen molar-refractivity contribution in [3.63, 3.8) is 0 Å². The molecule has 2 unspecified atom stereocenters. The molecule has 0 saturated carbocycles. The van der Waals surface area contributed by atoms with Crippen molar-refractivity contribution in [2.24, 2.45) is 0 Å². The standard InChI is InChI=1S/C19H19NO2S2/c1-13(17-18(21)20-19(22)24-17)15-7-9-16(10-8-15)23-12-11-14-5-3-2-4-6-14/h2-10,13,17H,11-12H2,1H3,(H,20,21,22). The number of aryl methyl sites for hydroxylation is 1. The first-order chi connectivity index (χ1) is 11.6. The minimum absolute atomic E-state index is 0.0184. The largest absolute Gasteiger partial charge is 0.286 e. The number of rotatable bonds is 6. The summed E-state index contributed by atoms with van der Waals surface area (Å²) in [4.78, 5) is 24.3. The predicted molar refractivity (Wildman–Crippen MR) is 101 cm³/mol. The summed E-state index contributed by atoms with van der Waals surface area (Å²) in [5.74, 6) is 0.873. The highest BCUT2D eigenvalue weighted by atomic mass is 32.2. The summed E-state index contributed by atoms with van der Waals surface area (Å²) in [5, 5.41) is 1.78. The average Bonchev–Trinajstić information content (AvgIpc) is 2.94. The summed E-state index contributed by atoms with van der Waals surface area (Å²) in [6, 6.07) is 18.8. The number of carbonyl (C=O) groups excluding carboxylic acids is 2. The van der Waals surface area contributed by atoms with E-state index in [4.69, 9.17) is 0 Å². The summed E-state index contributed by atoms with van der Waals surface area (Å²) in [7, 11) is 0. The second kappa shape index (κ2) is 7.90. The Labute approximate surface area is 150 Å². The Morgan fingerprint density at radius 3 is 2.42 bits per heavy atom. The van der Waals surface area contributed by atoms with E-state index >= 15 is 0 Å². The van der Waals surface area contributed by atoms with Crippen LogP contribution < -0.4 is 5.32 Å². The monoisotopic (exact) mass is 357 g/mol. The Morgan fingerprint density at radius 2 is 1.79 bits per heavy atom. The molecule has 2 aromatic carbocycles. The molecule has 0 aliphatic carbocycles. The molecule has 3 rings (SSSR count). The number of thioether (sulfide) groups is 2. The molecule has 1 aliphatic heterocycles. The molecule has 124 valence electrons. The van der Waals surface area contributed by atoms with Crippen LogP contribution in [0.5, 0.6) is 0 Å². The molecule has 24 heavy (non-hydrogen) atoms. The number of hydrogen-bond donors (Lipinski definition) is 1. The van der Waals surface area contributed by atoms with E-state index in [0.717, 1.165) is 29.5 Å². The van der Waals surface area contributed by atoms with Gasteiger partial charge < -0.3 is 0 Å². The SMILES string of the molecule is CC(c1ccc(SCCc2ccccc2)cc1)C1SC(=O)NC1=O. The van der Waals surface area contributed by atoms with Gasteiger partial charge in [0.25, 0.3) is 5.24 Å². The normalized spacial score (nSPS) is 18.5. The van der Waals surface area contributed by atoms with E-state index < -0.39 is 0 Å². The summed E-state index contributed by atoms with van der Waals surface area (Å²) < 4.78 is 0. The van der Waals surface area contributed by atoms with Gasteiger partial charge >= 0.3 is 0 Å². The third-order valence-corrected chi connectivity index (χ3v) is 6.29. The molecule has 0 aromatic heterocycles. The summed E-state index contributed by atoms with van der Waals surface area (Å²) in [6.45, 7) is 1.99. The fraction of sp³-hybridized carbons (Fsp3) is 0.263. The van der Waals surface area contributed by atoms with Crippen molar-refractivity contribution in [2.45, 2.75) is 29.4 Å². The van der Waals surface area contributed by atoms with Gasteiger partial charge in [-0.3, -0.25) is 14.9 Å². The fourth-order valence-electron chi connectivity index (χ4n) is 2.67. The van der Waals surface area contributed by atoms with Gasteiger partial charge in [-0.1, -0.05) is 61.2 Å². The molecule has 1 aliphatic rings. The van der Waals surface area contributed by atoms with Crippen LogP contribution in [-0.4, -0.2) is 22.1 Å². The summed E-state index contributed by atoms with van der Waals surface area (Å²) in [6.07, 6.45) is 1.05. The van der Waals surface area contributed by atoms with Crippen LogP contribution in [0.3, 0.4) is 0 Å². The molecule has 2 atom stereocenters. The molecule has 5 heteroatoms. The predicted octanol–water partition coefficient (Wildman–Crippen LogP) is 4.48. The van der Waals surface area contributed by atoms with Crippen LogP contribution in [0.2, 0.25) is 0 Å². The highest BCUT2D eigenvalue weighted by Crippen LogP contribution is 2.33. The van der Waals surface area contributed by atoms with Crippen LogP contribution in [-0.2, 0) is 11.2 Å². The van der Waals surface area contributed by atoms with Crippen molar-refractivity contribution < 1.29 is 9.59 Å². The van der Waals surface area contributed by atoms with Crippen LogP contribution >= 0.6 is 23.5 Å². The van der Waals surface area contributed by atoms with E-state index in [1.165, 1.54) is 10.5 Å². The maximum atomic E-state index is 11.8. The first-order valence-electron chi connectivity index (χ1n) is 7.91. The lowest BCUT2D eigenvalue weighted by atomic mass is 9.97. The van der Waals surface area contributed by atoms with Gasteiger partial charge in [-0.2, -0.15) is 0 Å². The maximum Gasteiger partial charge on any atom is 0.286 e. The zero-order valence-electron chi connectivity index (χ0n) is 13.4. The van der Waals surface area contributed by atoms with Crippen LogP contribution in [0.1, 0.15) is 24.0 Å². The van der Waals surface area contributed by atoms with Gasteiger partial charge in [0.05, 0.1) is 5.25 Å². The van der Waals surface area contributed by atoms with E-state index in [9.17, 15) is 9.59 Å². The van der Waals surface area contributed by atoms with Crippen LogP contribution in [0.15, 0.2) is 59.5 Å². The van der Waals surface area contributed by atoms with Crippen molar-refractivity contribution in [2.75, 3.05) is 5.75 Å². The van der Waals surface area contributed by atoms with Gasteiger partial charge in [0.1, 0.15) is 0 Å². The summed E-state index contributed by atoms with van der Waals surface area (Å²) in [5.41, 5.74) is 2.44. The lowest BCUT2D eigenvalue weighted by Crippen LogP contribution is -2.27. The lowest BCUT2D eigenvalue weighted by molar-refractivity contribution is -0.119. The van der Waals surface area contributed by atoms with Crippen molar-refractivity contribution in [1.82, 2.24) is 5.32 Å². The quantitative estimate of drug-likeness (QED) is 0.775. The fourth-order valence-corrected chi connectivity index (χ4v) is 4.49. The van der Waals surface area contributed by atoms with E-state index in [2.05, 4.69) is 53.8 Å². The number of carbonyl (C=O) groups is 2. The maximum absolute atomic E-state index is 11.8. The molecule has 2 aromatic rings. The van der Waals surface area contributed by atoms with Gasteiger partial charge in [-0.15, -0.1) is 11.8 Å². The molecule has 0 radical (unpaired) electrons. The van der Waals surface area contributed by atoms with Crippen LogP contribution in [0.4, 0.5) is 4.79 Å². The minimum atomic E-state index is -0.325. The Morgan fingerprint density at radius 1 is 1.08 bits per heavy atom. The van der Waals surface area contributed by atoms with Crippen molar-refractivity contribution >= 4 is 34.7 Å². The van der Waals surface area contributed by atoms with Crippen molar-refractivity contribution in [1.29, 1.82) is 0 Å². The Hall–Kier alpha value is -1.72. The van der Waals surface area contributed by atoms with E-state index in [1.54, 1.807) is 0 Å². The van der Waals surface area contributed by atoms with Crippen molar-refractivity contribution in [3.05, 3.63) is 65.7 Å². The Bertz CT molecular complexity index is 716. The molecule has 0 spiro atoms. The molecule has 1 fully saturated rings.